The van der Waals surface area contributed by atoms with Crippen LogP contribution in [0, 0.1) is 0 Å². The number of nitrogens with zero attached hydrogens (tertiary/aromatic N) is 2. The molecule has 0 unspecified atom stereocenters. The van der Waals surface area contributed by atoms with E-state index >= 15 is 0 Å². The Morgan fingerprint density at radius 2 is 1.79 bits per heavy atom. The molecule has 7 nitrogen and oxygen atoms in total. The number of furan rings is 1. The first-order valence-electron chi connectivity index (χ1n) is 8.43. The van der Waals surface area contributed by atoms with E-state index in [1.165, 1.54) is 18.6 Å². The van der Waals surface area contributed by atoms with Crippen LogP contribution >= 0.6 is 23.2 Å². The normalized spacial score (nSPS) is 10.5. The molecule has 0 saturated carbocycles. The standard InChI is InChI=1S/C19H16Cl2N4O3/c20-13-4-1-3-12(17(13)21)15-5-6-16(28-15)19(27)25-8-2-7-24-18(26)14-11-22-9-10-23-14/h1,3-6,9-11H,2,7-8H2,(H,24,26)(H,25,27). The van der Waals surface area contributed by atoms with Gasteiger partial charge in [0.05, 0.1) is 16.2 Å². The fraction of sp³-hybridized carbons (Fsp3) is 0.158. The molecule has 0 aliphatic rings. The minimum atomic E-state index is -0.357. The maximum absolute atomic E-state index is 12.2. The summed E-state index contributed by atoms with van der Waals surface area (Å²) >= 11 is 12.2. The zero-order valence-electron chi connectivity index (χ0n) is 14.6. The number of rotatable bonds is 7. The summed E-state index contributed by atoms with van der Waals surface area (Å²) in [5.41, 5.74) is 0.856. The van der Waals surface area contributed by atoms with Crippen molar-refractivity contribution < 1.29 is 14.0 Å². The number of aromatic nitrogens is 2. The molecule has 0 aliphatic carbocycles. The molecule has 0 atom stereocenters. The Kier molecular flexibility index (Phi) is 6.62. The summed E-state index contributed by atoms with van der Waals surface area (Å²) in [4.78, 5) is 31.8. The van der Waals surface area contributed by atoms with Gasteiger partial charge in [0, 0.05) is 31.0 Å². The maximum atomic E-state index is 12.2. The monoisotopic (exact) mass is 418 g/mol. The van der Waals surface area contributed by atoms with Crippen molar-refractivity contribution in [2.75, 3.05) is 13.1 Å². The number of halogens is 2. The predicted octanol–water partition coefficient (Wildman–Crippen LogP) is 3.59. The first-order valence-corrected chi connectivity index (χ1v) is 9.18. The van der Waals surface area contributed by atoms with Gasteiger partial charge in [0.15, 0.2) is 5.76 Å². The second-order valence-electron chi connectivity index (χ2n) is 5.72. The predicted molar refractivity (Wildman–Crippen MR) is 105 cm³/mol. The molecular formula is C19H16Cl2N4O3. The van der Waals surface area contributed by atoms with Gasteiger partial charge in [-0.2, -0.15) is 0 Å². The lowest BCUT2D eigenvalue weighted by Crippen LogP contribution is -2.30. The highest BCUT2D eigenvalue weighted by Crippen LogP contribution is 2.34. The summed E-state index contributed by atoms with van der Waals surface area (Å²) in [6.45, 7) is 0.755. The van der Waals surface area contributed by atoms with Gasteiger partial charge in [0.25, 0.3) is 11.8 Å². The van der Waals surface area contributed by atoms with Gasteiger partial charge in [-0.1, -0.05) is 29.3 Å². The van der Waals surface area contributed by atoms with Crippen LogP contribution in [-0.4, -0.2) is 34.9 Å². The highest BCUT2D eigenvalue weighted by molar-refractivity contribution is 6.43. The highest BCUT2D eigenvalue weighted by Gasteiger charge is 2.15. The van der Waals surface area contributed by atoms with Crippen molar-refractivity contribution >= 4 is 35.0 Å². The minimum Gasteiger partial charge on any atom is -0.451 e. The Morgan fingerprint density at radius 1 is 1.00 bits per heavy atom. The van der Waals surface area contributed by atoms with Gasteiger partial charge < -0.3 is 15.1 Å². The van der Waals surface area contributed by atoms with Crippen LogP contribution in [-0.2, 0) is 0 Å². The molecular weight excluding hydrogens is 403 g/mol. The highest BCUT2D eigenvalue weighted by atomic mass is 35.5. The molecule has 2 amide bonds. The molecule has 0 spiro atoms. The summed E-state index contributed by atoms with van der Waals surface area (Å²) in [7, 11) is 0. The molecule has 3 aromatic rings. The van der Waals surface area contributed by atoms with Crippen LogP contribution in [0.4, 0.5) is 0 Å². The molecule has 0 aliphatic heterocycles. The van der Waals surface area contributed by atoms with Crippen molar-refractivity contribution in [2.45, 2.75) is 6.42 Å². The van der Waals surface area contributed by atoms with Crippen LogP contribution < -0.4 is 10.6 Å². The van der Waals surface area contributed by atoms with Crippen LogP contribution in [0.15, 0.2) is 53.3 Å². The van der Waals surface area contributed by atoms with E-state index in [0.717, 1.165) is 0 Å². The van der Waals surface area contributed by atoms with Gasteiger partial charge in [0.1, 0.15) is 11.5 Å². The molecule has 144 valence electrons. The third-order valence-electron chi connectivity index (χ3n) is 3.77. The van der Waals surface area contributed by atoms with E-state index in [9.17, 15) is 9.59 Å². The number of nitrogens with one attached hydrogen (secondary N) is 2. The van der Waals surface area contributed by atoms with Crippen molar-refractivity contribution in [3.05, 3.63) is 70.4 Å². The average Bonchev–Trinajstić information content (AvgIpc) is 3.20. The van der Waals surface area contributed by atoms with Gasteiger partial charge in [0.2, 0.25) is 0 Å². The van der Waals surface area contributed by atoms with Crippen molar-refractivity contribution in [3.63, 3.8) is 0 Å². The van der Waals surface area contributed by atoms with Crippen LogP contribution in [0.5, 0.6) is 0 Å². The molecule has 0 fully saturated rings. The van der Waals surface area contributed by atoms with Gasteiger partial charge >= 0.3 is 0 Å². The maximum Gasteiger partial charge on any atom is 0.287 e. The van der Waals surface area contributed by atoms with Crippen LogP contribution in [0.1, 0.15) is 27.5 Å². The number of carbonyl (C=O) groups is 2. The van der Waals surface area contributed by atoms with Gasteiger partial charge in [-0.15, -0.1) is 0 Å². The average molecular weight is 419 g/mol. The van der Waals surface area contributed by atoms with E-state index in [0.29, 0.717) is 40.9 Å². The quantitative estimate of drug-likeness (QED) is 0.571. The molecule has 9 heteroatoms. The first-order chi connectivity index (χ1) is 13.6. The van der Waals surface area contributed by atoms with Gasteiger partial charge in [-0.3, -0.25) is 14.6 Å². The van der Waals surface area contributed by atoms with E-state index in [-0.39, 0.29) is 23.3 Å². The SMILES string of the molecule is O=C(NCCCNC(=O)c1ccc(-c2cccc(Cl)c2Cl)o1)c1cnccn1. The number of carbonyl (C=O) groups excluding carboxylic acids is 2. The Hall–Kier alpha value is -2.90. The molecule has 2 heterocycles. The van der Waals surface area contributed by atoms with E-state index in [1.807, 2.05) is 0 Å². The molecule has 0 radical (unpaired) electrons. The van der Waals surface area contributed by atoms with Crippen molar-refractivity contribution in [1.82, 2.24) is 20.6 Å². The number of hydrogen-bond donors (Lipinski definition) is 2. The number of hydrogen-bond acceptors (Lipinski definition) is 5. The fourth-order valence-corrected chi connectivity index (χ4v) is 2.78. The Bertz CT molecular complexity index is 976. The molecule has 3 rings (SSSR count). The van der Waals surface area contributed by atoms with E-state index in [2.05, 4.69) is 20.6 Å². The molecule has 2 N–H and O–H groups in total. The lowest BCUT2D eigenvalue weighted by atomic mass is 10.2. The second kappa shape index (κ2) is 9.34. The summed E-state index contributed by atoms with van der Waals surface area (Å²) in [5, 5.41) is 6.21. The molecule has 2 aromatic heterocycles. The third kappa shape index (κ3) is 4.88. The molecule has 28 heavy (non-hydrogen) atoms. The summed E-state index contributed by atoms with van der Waals surface area (Å²) in [5.74, 6) is -0.0540. The van der Waals surface area contributed by atoms with Crippen molar-refractivity contribution in [3.8, 4) is 11.3 Å². The van der Waals surface area contributed by atoms with Crippen molar-refractivity contribution in [2.24, 2.45) is 0 Å². The Balaban J connectivity index is 1.46. The lowest BCUT2D eigenvalue weighted by Gasteiger charge is -2.05. The van der Waals surface area contributed by atoms with Crippen molar-refractivity contribution in [1.29, 1.82) is 0 Å². The minimum absolute atomic E-state index is 0.162. The van der Waals surface area contributed by atoms with E-state index in [4.69, 9.17) is 27.6 Å². The van der Waals surface area contributed by atoms with Gasteiger partial charge in [-0.25, -0.2) is 4.98 Å². The van der Waals surface area contributed by atoms with Crippen LogP contribution in [0.25, 0.3) is 11.3 Å². The lowest BCUT2D eigenvalue weighted by molar-refractivity contribution is 0.0926. The van der Waals surface area contributed by atoms with Gasteiger partial charge in [-0.05, 0) is 30.7 Å². The molecule has 1 aromatic carbocycles. The number of amides is 2. The van der Waals surface area contributed by atoms with Crippen LogP contribution in [0.2, 0.25) is 10.0 Å². The third-order valence-corrected chi connectivity index (χ3v) is 4.59. The molecule has 0 bridgehead atoms. The summed E-state index contributed by atoms with van der Waals surface area (Å²) in [6.07, 6.45) is 4.87. The first kappa shape index (κ1) is 19.9. The largest absolute Gasteiger partial charge is 0.451 e. The van der Waals surface area contributed by atoms with E-state index < -0.39 is 0 Å². The molecule has 0 saturated heterocycles. The summed E-state index contributed by atoms with van der Waals surface area (Å²) < 4.78 is 5.58. The smallest absolute Gasteiger partial charge is 0.287 e. The number of benzene rings is 1. The zero-order chi connectivity index (χ0) is 19.9. The summed E-state index contributed by atoms with van der Waals surface area (Å²) in [6, 6.07) is 8.41. The topological polar surface area (TPSA) is 97.1 Å². The Labute approximate surface area is 171 Å². The Morgan fingerprint density at radius 3 is 2.54 bits per heavy atom. The zero-order valence-corrected chi connectivity index (χ0v) is 16.1. The van der Waals surface area contributed by atoms with Crippen LogP contribution in [0.3, 0.4) is 0 Å². The fourth-order valence-electron chi connectivity index (χ4n) is 2.39. The second-order valence-corrected chi connectivity index (χ2v) is 6.51. The van der Waals surface area contributed by atoms with E-state index in [1.54, 1.807) is 30.3 Å².